The zero-order valence-corrected chi connectivity index (χ0v) is 10.9. The first-order valence-electron chi connectivity index (χ1n) is 6.24. The molecule has 2 N–H and O–H groups in total. The zero-order chi connectivity index (χ0) is 11.8. The Morgan fingerprint density at radius 3 is 2.81 bits per heavy atom. The molecule has 0 spiro atoms. The molecule has 0 aromatic carbocycles. The van der Waals surface area contributed by atoms with Crippen LogP contribution in [0.25, 0.3) is 0 Å². The van der Waals surface area contributed by atoms with Gasteiger partial charge in [-0.2, -0.15) is 11.8 Å². The van der Waals surface area contributed by atoms with Crippen molar-refractivity contribution in [2.75, 3.05) is 18.1 Å². The van der Waals surface area contributed by atoms with Crippen molar-refractivity contribution < 1.29 is 9.53 Å². The highest BCUT2D eigenvalue weighted by atomic mass is 32.2. The molecule has 1 unspecified atom stereocenters. The van der Waals surface area contributed by atoms with Crippen LogP contribution in [0.4, 0.5) is 0 Å². The Morgan fingerprint density at radius 1 is 1.50 bits per heavy atom. The molecule has 1 atom stereocenters. The summed E-state index contributed by atoms with van der Waals surface area (Å²) in [5.41, 5.74) is 5.71. The second-order valence-electron chi connectivity index (χ2n) is 4.37. The van der Waals surface area contributed by atoms with Crippen LogP contribution in [-0.2, 0) is 9.53 Å². The Morgan fingerprint density at radius 2 is 2.19 bits per heavy atom. The lowest BCUT2D eigenvalue weighted by molar-refractivity contribution is -0.144. The molecule has 94 valence electrons. The van der Waals surface area contributed by atoms with Gasteiger partial charge >= 0.3 is 5.97 Å². The summed E-state index contributed by atoms with van der Waals surface area (Å²) in [5.74, 6) is 2.85. The molecule has 0 aromatic rings. The lowest BCUT2D eigenvalue weighted by atomic mass is 10.1. The van der Waals surface area contributed by atoms with E-state index in [9.17, 15) is 4.79 Å². The van der Waals surface area contributed by atoms with E-state index in [0.717, 1.165) is 18.1 Å². The van der Waals surface area contributed by atoms with Gasteiger partial charge < -0.3 is 10.5 Å². The Labute approximate surface area is 102 Å². The molecule has 0 saturated heterocycles. The van der Waals surface area contributed by atoms with Gasteiger partial charge in [0.15, 0.2) is 0 Å². The molecule has 0 bridgehead atoms. The summed E-state index contributed by atoms with van der Waals surface area (Å²) in [5, 5.41) is 0. The van der Waals surface area contributed by atoms with E-state index in [-0.39, 0.29) is 5.97 Å². The SMILES string of the molecule is CCOC(=O)C(N)CCSCC1CCCC1. The molecule has 1 saturated carbocycles. The molecule has 0 heterocycles. The molecular formula is C12H23NO2S. The predicted molar refractivity (Wildman–Crippen MR) is 68.5 cm³/mol. The maximum Gasteiger partial charge on any atom is 0.322 e. The van der Waals surface area contributed by atoms with Crippen molar-refractivity contribution in [2.24, 2.45) is 11.7 Å². The van der Waals surface area contributed by atoms with Crippen LogP contribution in [0.15, 0.2) is 0 Å². The van der Waals surface area contributed by atoms with Gasteiger partial charge in [0, 0.05) is 0 Å². The van der Waals surface area contributed by atoms with Crippen LogP contribution in [0.2, 0.25) is 0 Å². The van der Waals surface area contributed by atoms with E-state index in [1.54, 1.807) is 6.92 Å². The van der Waals surface area contributed by atoms with Gasteiger partial charge in [0.05, 0.1) is 6.61 Å². The van der Waals surface area contributed by atoms with E-state index in [4.69, 9.17) is 10.5 Å². The number of hydrogen-bond acceptors (Lipinski definition) is 4. The number of ether oxygens (including phenoxy) is 1. The van der Waals surface area contributed by atoms with Gasteiger partial charge in [-0.1, -0.05) is 12.8 Å². The van der Waals surface area contributed by atoms with Crippen molar-refractivity contribution in [3.63, 3.8) is 0 Å². The van der Waals surface area contributed by atoms with Crippen LogP contribution in [-0.4, -0.2) is 30.1 Å². The molecule has 1 rings (SSSR count). The second kappa shape index (κ2) is 7.96. The van der Waals surface area contributed by atoms with Gasteiger partial charge in [-0.3, -0.25) is 4.79 Å². The lowest BCUT2D eigenvalue weighted by Gasteiger charge is -2.11. The average Bonchev–Trinajstić information content (AvgIpc) is 2.77. The molecule has 0 aromatic heterocycles. The molecular weight excluding hydrogens is 222 g/mol. The molecule has 16 heavy (non-hydrogen) atoms. The first-order chi connectivity index (χ1) is 7.74. The number of esters is 1. The van der Waals surface area contributed by atoms with Crippen LogP contribution in [0.1, 0.15) is 39.0 Å². The number of carbonyl (C=O) groups is 1. The first-order valence-corrected chi connectivity index (χ1v) is 7.39. The number of hydrogen-bond donors (Lipinski definition) is 1. The van der Waals surface area contributed by atoms with E-state index >= 15 is 0 Å². The number of carbonyl (C=O) groups excluding carboxylic acids is 1. The molecule has 3 nitrogen and oxygen atoms in total. The Balaban J connectivity index is 1.99. The van der Waals surface area contributed by atoms with E-state index in [0.29, 0.717) is 6.61 Å². The van der Waals surface area contributed by atoms with Crippen molar-refractivity contribution in [1.82, 2.24) is 0 Å². The van der Waals surface area contributed by atoms with E-state index < -0.39 is 6.04 Å². The van der Waals surface area contributed by atoms with E-state index in [1.807, 2.05) is 11.8 Å². The maximum absolute atomic E-state index is 11.2. The molecule has 1 aliphatic carbocycles. The molecule has 0 amide bonds. The summed E-state index contributed by atoms with van der Waals surface area (Å²) in [6, 6.07) is -0.434. The number of thioether (sulfide) groups is 1. The summed E-state index contributed by atoms with van der Waals surface area (Å²) in [6.07, 6.45) is 6.30. The Kier molecular flexibility index (Phi) is 6.88. The number of nitrogens with two attached hydrogens (primary N) is 1. The van der Waals surface area contributed by atoms with Crippen molar-refractivity contribution >= 4 is 17.7 Å². The van der Waals surface area contributed by atoms with Crippen molar-refractivity contribution in [3.8, 4) is 0 Å². The fraction of sp³-hybridized carbons (Fsp3) is 0.917. The largest absolute Gasteiger partial charge is 0.465 e. The van der Waals surface area contributed by atoms with Crippen molar-refractivity contribution in [1.29, 1.82) is 0 Å². The Bertz CT molecular complexity index is 205. The minimum atomic E-state index is -0.434. The maximum atomic E-state index is 11.2. The highest BCUT2D eigenvalue weighted by molar-refractivity contribution is 7.99. The third-order valence-electron chi connectivity index (χ3n) is 2.99. The Hall–Kier alpha value is -0.220. The van der Waals surface area contributed by atoms with Gasteiger partial charge in [-0.25, -0.2) is 0 Å². The third kappa shape index (κ3) is 5.21. The third-order valence-corrected chi connectivity index (χ3v) is 4.22. The summed E-state index contributed by atoms with van der Waals surface area (Å²) in [6.45, 7) is 2.22. The smallest absolute Gasteiger partial charge is 0.322 e. The summed E-state index contributed by atoms with van der Waals surface area (Å²) < 4.78 is 4.86. The lowest BCUT2D eigenvalue weighted by Crippen LogP contribution is -2.32. The second-order valence-corrected chi connectivity index (χ2v) is 5.52. The molecule has 1 aliphatic rings. The molecule has 0 radical (unpaired) electrons. The van der Waals surface area contributed by atoms with Crippen molar-refractivity contribution in [2.45, 2.75) is 45.1 Å². The summed E-state index contributed by atoms with van der Waals surface area (Å²) in [7, 11) is 0. The summed E-state index contributed by atoms with van der Waals surface area (Å²) >= 11 is 1.93. The number of rotatable bonds is 7. The van der Waals surface area contributed by atoms with Crippen molar-refractivity contribution in [3.05, 3.63) is 0 Å². The van der Waals surface area contributed by atoms with Crippen LogP contribution < -0.4 is 5.73 Å². The van der Waals surface area contributed by atoms with Gasteiger partial charge in [0.2, 0.25) is 0 Å². The minimum Gasteiger partial charge on any atom is -0.465 e. The van der Waals surface area contributed by atoms with Crippen LogP contribution in [0.3, 0.4) is 0 Å². The van der Waals surface area contributed by atoms with Gasteiger partial charge in [-0.05, 0) is 43.6 Å². The van der Waals surface area contributed by atoms with Crippen LogP contribution in [0, 0.1) is 5.92 Å². The monoisotopic (exact) mass is 245 g/mol. The quantitative estimate of drug-likeness (QED) is 0.552. The van der Waals surface area contributed by atoms with E-state index in [1.165, 1.54) is 31.4 Å². The highest BCUT2D eigenvalue weighted by Gasteiger charge is 2.16. The average molecular weight is 245 g/mol. The predicted octanol–water partition coefficient (Wildman–Crippen LogP) is 2.19. The molecule has 4 heteroatoms. The fourth-order valence-corrected chi connectivity index (χ4v) is 3.26. The van der Waals surface area contributed by atoms with Gasteiger partial charge in [-0.15, -0.1) is 0 Å². The van der Waals surface area contributed by atoms with Gasteiger partial charge in [0.1, 0.15) is 6.04 Å². The highest BCUT2D eigenvalue weighted by Crippen LogP contribution is 2.28. The molecule has 0 aliphatic heterocycles. The first kappa shape index (κ1) is 13.8. The standard InChI is InChI=1S/C12H23NO2S/c1-2-15-12(14)11(13)7-8-16-9-10-5-3-4-6-10/h10-11H,2-9,13H2,1H3. The minimum absolute atomic E-state index is 0.260. The van der Waals surface area contributed by atoms with Crippen LogP contribution in [0.5, 0.6) is 0 Å². The summed E-state index contributed by atoms with van der Waals surface area (Å²) in [4.78, 5) is 11.2. The van der Waals surface area contributed by atoms with Crippen LogP contribution >= 0.6 is 11.8 Å². The van der Waals surface area contributed by atoms with Gasteiger partial charge in [0.25, 0.3) is 0 Å². The normalized spacial score (nSPS) is 18.6. The molecule has 1 fully saturated rings. The zero-order valence-electron chi connectivity index (χ0n) is 10.1. The van der Waals surface area contributed by atoms with E-state index in [2.05, 4.69) is 0 Å². The topological polar surface area (TPSA) is 52.3 Å². The fourth-order valence-electron chi connectivity index (χ4n) is 2.00.